The SMILES string of the molecule is Cc1cc(OCC(=O)NN=Cc2c(F)cccc2Cl)ccc1Br. The summed E-state index contributed by atoms with van der Waals surface area (Å²) in [6.45, 7) is 1.71. The van der Waals surface area contributed by atoms with Gasteiger partial charge in [0.1, 0.15) is 11.6 Å². The maximum absolute atomic E-state index is 13.5. The van der Waals surface area contributed by atoms with Crippen LogP contribution in [0.25, 0.3) is 0 Å². The Labute approximate surface area is 146 Å². The van der Waals surface area contributed by atoms with Crippen LogP contribution < -0.4 is 10.2 Å². The number of rotatable bonds is 5. The highest BCUT2D eigenvalue weighted by Crippen LogP contribution is 2.21. The van der Waals surface area contributed by atoms with Crippen molar-refractivity contribution >= 4 is 39.7 Å². The lowest BCUT2D eigenvalue weighted by molar-refractivity contribution is -0.123. The minimum atomic E-state index is -0.517. The van der Waals surface area contributed by atoms with E-state index in [4.69, 9.17) is 16.3 Å². The van der Waals surface area contributed by atoms with Crippen LogP contribution in [0.5, 0.6) is 5.75 Å². The number of nitrogens with zero attached hydrogens (tertiary/aromatic N) is 1. The van der Waals surface area contributed by atoms with Gasteiger partial charge in [-0.2, -0.15) is 5.10 Å². The quantitative estimate of drug-likeness (QED) is 0.608. The highest BCUT2D eigenvalue weighted by Gasteiger charge is 2.05. The van der Waals surface area contributed by atoms with E-state index in [0.29, 0.717) is 5.75 Å². The second kappa shape index (κ2) is 8.08. The number of halogens is 3. The van der Waals surface area contributed by atoms with Crippen LogP contribution in [0.15, 0.2) is 46.0 Å². The van der Waals surface area contributed by atoms with Crippen LogP contribution in [0.2, 0.25) is 5.02 Å². The molecule has 2 rings (SSSR count). The van der Waals surface area contributed by atoms with E-state index >= 15 is 0 Å². The number of ether oxygens (including phenoxy) is 1. The molecule has 1 N–H and O–H groups in total. The maximum atomic E-state index is 13.5. The van der Waals surface area contributed by atoms with Gasteiger partial charge in [0, 0.05) is 10.0 Å². The van der Waals surface area contributed by atoms with Crippen molar-refractivity contribution in [2.45, 2.75) is 6.92 Å². The molecule has 4 nitrogen and oxygen atoms in total. The Morgan fingerprint density at radius 1 is 1.43 bits per heavy atom. The minimum absolute atomic E-state index is 0.110. The predicted octanol–water partition coefficient (Wildman–Crippen LogP) is 4.08. The Morgan fingerprint density at radius 2 is 2.22 bits per heavy atom. The smallest absolute Gasteiger partial charge is 0.277 e. The number of aryl methyl sites for hydroxylation is 1. The molecule has 0 unspecified atom stereocenters. The van der Waals surface area contributed by atoms with Gasteiger partial charge in [0.15, 0.2) is 6.61 Å². The van der Waals surface area contributed by atoms with Crippen molar-refractivity contribution in [2.24, 2.45) is 5.10 Å². The van der Waals surface area contributed by atoms with Gasteiger partial charge in [-0.3, -0.25) is 4.79 Å². The van der Waals surface area contributed by atoms with Crippen molar-refractivity contribution in [2.75, 3.05) is 6.61 Å². The van der Waals surface area contributed by atoms with Crippen LogP contribution in [0, 0.1) is 12.7 Å². The molecule has 23 heavy (non-hydrogen) atoms. The van der Waals surface area contributed by atoms with E-state index < -0.39 is 11.7 Å². The molecule has 0 bridgehead atoms. The molecule has 0 atom stereocenters. The van der Waals surface area contributed by atoms with Crippen LogP contribution in [0.1, 0.15) is 11.1 Å². The highest BCUT2D eigenvalue weighted by atomic mass is 79.9. The number of hydrazone groups is 1. The first-order chi connectivity index (χ1) is 11.0. The van der Waals surface area contributed by atoms with Crippen molar-refractivity contribution in [3.05, 3.63) is 62.8 Å². The molecule has 2 aromatic rings. The van der Waals surface area contributed by atoms with E-state index in [1.807, 2.05) is 13.0 Å². The molecule has 0 heterocycles. The first-order valence-electron chi connectivity index (χ1n) is 6.62. The third kappa shape index (κ3) is 5.04. The van der Waals surface area contributed by atoms with E-state index in [2.05, 4.69) is 26.5 Å². The predicted molar refractivity (Wildman–Crippen MR) is 91.5 cm³/mol. The van der Waals surface area contributed by atoms with Gasteiger partial charge in [-0.25, -0.2) is 9.82 Å². The van der Waals surface area contributed by atoms with E-state index in [1.54, 1.807) is 12.1 Å². The van der Waals surface area contributed by atoms with Crippen molar-refractivity contribution in [3.63, 3.8) is 0 Å². The number of benzene rings is 2. The summed E-state index contributed by atoms with van der Waals surface area (Å²) in [5.41, 5.74) is 3.36. The number of amides is 1. The third-order valence-electron chi connectivity index (χ3n) is 2.88. The fourth-order valence-electron chi connectivity index (χ4n) is 1.69. The van der Waals surface area contributed by atoms with E-state index in [0.717, 1.165) is 16.3 Å². The maximum Gasteiger partial charge on any atom is 0.277 e. The Hall–Kier alpha value is -1.92. The lowest BCUT2D eigenvalue weighted by Crippen LogP contribution is -2.24. The zero-order valence-electron chi connectivity index (χ0n) is 12.1. The molecule has 0 spiro atoms. The molecule has 0 aliphatic carbocycles. The van der Waals surface area contributed by atoms with Crippen LogP contribution in [-0.4, -0.2) is 18.7 Å². The van der Waals surface area contributed by atoms with Gasteiger partial charge in [0.2, 0.25) is 0 Å². The molecule has 0 radical (unpaired) electrons. The zero-order chi connectivity index (χ0) is 16.8. The normalized spacial score (nSPS) is 10.8. The Kier molecular flexibility index (Phi) is 6.12. The molecular weight excluding hydrogens is 387 g/mol. The third-order valence-corrected chi connectivity index (χ3v) is 4.10. The largest absolute Gasteiger partial charge is 0.484 e. The monoisotopic (exact) mass is 398 g/mol. The van der Waals surface area contributed by atoms with Gasteiger partial charge in [0.25, 0.3) is 5.91 Å². The van der Waals surface area contributed by atoms with Crippen LogP contribution in [-0.2, 0) is 4.79 Å². The average molecular weight is 400 g/mol. The van der Waals surface area contributed by atoms with Gasteiger partial charge >= 0.3 is 0 Å². The molecule has 0 saturated heterocycles. The summed E-state index contributed by atoms with van der Waals surface area (Å²) in [5, 5.41) is 3.88. The van der Waals surface area contributed by atoms with Gasteiger partial charge < -0.3 is 4.74 Å². The first kappa shape index (κ1) is 17.4. The number of hydrogen-bond acceptors (Lipinski definition) is 3. The molecule has 0 aromatic heterocycles. The molecule has 0 saturated carbocycles. The minimum Gasteiger partial charge on any atom is -0.484 e. The van der Waals surface area contributed by atoms with Crippen molar-refractivity contribution < 1.29 is 13.9 Å². The molecule has 1 amide bonds. The number of carbonyl (C=O) groups excluding carboxylic acids is 1. The Bertz CT molecular complexity index is 733. The number of carbonyl (C=O) groups is 1. The molecule has 0 aliphatic heterocycles. The first-order valence-corrected chi connectivity index (χ1v) is 7.79. The highest BCUT2D eigenvalue weighted by molar-refractivity contribution is 9.10. The summed E-state index contributed by atoms with van der Waals surface area (Å²) in [4.78, 5) is 11.6. The van der Waals surface area contributed by atoms with Gasteiger partial charge in [0.05, 0.1) is 11.2 Å². The van der Waals surface area contributed by atoms with E-state index in [-0.39, 0.29) is 17.2 Å². The fourth-order valence-corrected chi connectivity index (χ4v) is 2.15. The lowest BCUT2D eigenvalue weighted by atomic mass is 10.2. The standard InChI is InChI=1S/C16H13BrClFN2O2/c1-10-7-11(5-6-13(10)17)23-9-16(22)21-20-8-12-14(18)3-2-4-15(12)19/h2-8H,9H2,1H3,(H,21,22). The molecule has 120 valence electrons. The second-order valence-electron chi connectivity index (χ2n) is 4.63. The van der Waals surface area contributed by atoms with Gasteiger partial charge in [-0.1, -0.05) is 33.6 Å². The number of hydrogen-bond donors (Lipinski definition) is 1. The summed E-state index contributed by atoms with van der Waals surface area (Å²) in [7, 11) is 0. The van der Waals surface area contributed by atoms with Crippen LogP contribution in [0.3, 0.4) is 0 Å². The summed E-state index contributed by atoms with van der Waals surface area (Å²) >= 11 is 9.22. The van der Waals surface area contributed by atoms with Gasteiger partial charge in [-0.05, 0) is 42.8 Å². The van der Waals surface area contributed by atoms with E-state index in [9.17, 15) is 9.18 Å². The van der Waals surface area contributed by atoms with E-state index in [1.165, 1.54) is 18.2 Å². The summed E-state index contributed by atoms with van der Waals surface area (Å²) in [6.07, 6.45) is 1.15. The van der Waals surface area contributed by atoms with Crippen molar-refractivity contribution in [1.29, 1.82) is 0 Å². The van der Waals surface area contributed by atoms with Crippen LogP contribution >= 0.6 is 27.5 Å². The topological polar surface area (TPSA) is 50.7 Å². The summed E-state index contributed by atoms with van der Waals surface area (Å²) in [6, 6.07) is 9.66. The number of nitrogens with one attached hydrogen (secondary N) is 1. The van der Waals surface area contributed by atoms with Gasteiger partial charge in [-0.15, -0.1) is 0 Å². The fraction of sp³-hybridized carbons (Fsp3) is 0.125. The average Bonchev–Trinajstić information content (AvgIpc) is 2.51. The molecule has 0 aliphatic rings. The van der Waals surface area contributed by atoms with Crippen LogP contribution in [0.4, 0.5) is 4.39 Å². The molecular formula is C16H13BrClFN2O2. The molecule has 2 aromatic carbocycles. The molecule has 0 fully saturated rings. The lowest BCUT2D eigenvalue weighted by Gasteiger charge is -2.06. The summed E-state index contributed by atoms with van der Waals surface area (Å²) < 4.78 is 19.8. The van der Waals surface area contributed by atoms with Crippen molar-refractivity contribution in [3.8, 4) is 5.75 Å². The Balaban J connectivity index is 1.87. The van der Waals surface area contributed by atoms with Crippen molar-refractivity contribution in [1.82, 2.24) is 5.43 Å². The Morgan fingerprint density at radius 3 is 2.91 bits per heavy atom. The summed E-state index contributed by atoms with van der Waals surface area (Å²) in [5.74, 6) is -0.409. The molecule has 7 heteroatoms. The zero-order valence-corrected chi connectivity index (χ0v) is 14.5. The second-order valence-corrected chi connectivity index (χ2v) is 5.89.